The van der Waals surface area contributed by atoms with Gasteiger partial charge in [-0.05, 0) is 38.0 Å². The van der Waals surface area contributed by atoms with Gasteiger partial charge in [0.25, 0.3) is 5.91 Å². The van der Waals surface area contributed by atoms with Crippen molar-refractivity contribution in [3.05, 3.63) is 45.8 Å². The van der Waals surface area contributed by atoms with Crippen molar-refractivity contribution in [1.82, 2.24) is 14.9 Å². The molecular weight excluding hydrogens is 335 g/mol. The Hall–Kier alpha value is -1.85. The molecule has 1 saturated heterocycles. The Morgan fingerprint density at radius 1 is 1.13 bits per heavy atom. The van der Waals surface area contributed by atoms with Crippen LogP contribution in [0.1, 0.15) is 29.2 Å². The predicted molar refractivity (Wildman–Crippen MR) is 91.7 cm³/mol. The van der Waals surface area contributed by atoms with Crippen LogP contribution in [0.4, 0.5) is 11.5 Å². The van der Waals surface area contributed by atoms with E-state index in [1.54, 1.807) is 31.2 Å². The van der Waals surface area contributed by atoms with Gasteiger partial charge in [-0.15, -0.1) is 0 Å². The summed E-state index contributed by atoms with van der Waals surface area (Å²) in [7, 11) is 0. The first kappa shape index (κ1) is 16.0. The highest BCUT2D eigenvalue weighted by Gasteiger charge is 2.21. The molecule has 0 unspecified atom stereocenters. The topological polar surface area (TPSA) is 58.1 Å². The average Bonchev–Trinajstić information content (AvgIpc) is 3.04. The molecule has 0 bridgehead atoms. The van der Waals surface area contributed by atoms with E-state index < -0.39 is 0 Å². The van der Waals surface area contributed by atoms with Gasteiger partial charge in [-0.1, -0.05) is 23.2 Å². The number of likely N-dealkylation sites (tertiary alicyclic amines) is 1. The Bertz CT molecular complexity index is 745. The Labute approximate surface area is 144 Å². The van der Waals surface area contributed by atoms with Crippen LogP contribution in [-0.2, 0) is 0 Å². The second-order valence-electron chi connectivity index (χ2n) is 5.44. The minimum atomic E-state index is -0.0508. The SMILES string of the molecule is Cc1nc(Nc2ccc(Cl)c(Cl)c2)cc(C(=O)N2CCCC2)n1. The zero-order valence-electron chi connectivity index (χ0n) is 12.6. The summed E-state index contributed by atoms with van der Waals surface area (Å²) >= 11 is 11.9. The minimum absolute atomic E-state index is 0.0508. The summed E-state index contributed by atoms with van der Waals surface area (Å²) in [6.07, 6.45) is 2.09. The maximum absolute atomic E-state index is 12.5. The van der Waals surface area contributed by atoms with Crippen molar-refractivity contribution in [2.45, 2.75) is 19.8 Å². The molecule has 23 heavy (non-hydrogen) atoms. The first-order valence-electron chi connectivity index (χ1n) is 7.40. The number of nitrogens with zero attached hydrogens (tertiary/aromatic N) is 3. The number of aryl methyl sites for hydroxylation is 1. The van der Waals surface area contributed by atoms with Crippen molar-refractivity contribution in [2.24, 2.45) is 0 Å². The summed E-state index contributed by atoms with van der Waals surface area (Å²) < 4.78 is 0. The number of rotatable bonds is 3. The zero-order chi connectivity index (χ0) is 16.4. The molecular formula is C16H16Cl2N4O. The highest BCUT2D eigenvalue weighted by Crippen LogP contribution is 2.26. The molecule has 1 aromatic heterocycles. The summed E-state index contributed by atoms with van der Waals surface area (Å²) in [4.78, 5) is 22.9. The molecule has 0 aliphatic carbocycles. The van der Waals surface area contributed by atoms with Crippen LogP contribution in [0, 0.1) is 6.92 Å². The molecule has 0 radical (unpaired) electrons. The molecule has 5 nitrogen and oxygen atoms in total. The first-order valence-corrected chi connectivity index (χ1v) is 8.15. The van der Waals surface area contributed by atoms with Gasteiger partial charge in [-0.3, -0.25) is 4.79 Å². The van der Waals surface area contributed by atoms with E-state index in [0.717, 1.165) is 31.6 Å². The molecule has 1 N–H and O–H groups in total. The average molecular weight is 351 g/mol. The third-order valence-corrected chi connectivity index (χ3v) is 4.38. The second kappa shape index (κ2) is 6.72. The Kier molecular flexibility index (Phi) is 4.68. The molecule has 1 fully saturated rings. The van der Waals surface area contributed by atoms with Crippen molar-refractivity contribution in [3.8, 4) is 0 Å². The van der Waals surface area contributed by atoms with Crippen LogP contribution in [-0.4, -0.2) is 33.9 Å². The highest BCUT2D eigenvalue weighted by atomic mass is 35.5. The van der Waals surface area contributed by atoms with Crippen molar-refractivity contribution < 1.29 is 4.79 Å². The number of carbonyl (C=O) groups excluding carboxylic acids is 1. The Morgan fingerprint density at radius 2 is 1.87 bits per heavy atom. The Morgan fingerprint density at radius 3 is 2.57 bits per heavy atom. The maximum atomic E-state index is 12.5. The zero-order valence-corrected chi connectivity index (χ0v) is 14.2. The van der Waals surface area contributed by atoms with Gasteiger partial charge in [0.05, 0.1) is 10.0 Å². The van der Waals surface area contributed by atoms with E-state index in [-0.39, 0.29) is 5.91 Å². The lowest BCUT2D eigenvalue weighted by Crippen LogP contribution is -2.28. The van der Waals surface area contributed by atoms with Gasteiger partial charge in [0.2, 0.25) is 0 Å². The van der Waals surface area contributed by atoms with Crippen molar-refractivity contribution in [2.75, 3.05) is 18.4 Å². The summed E-state index contributed by atoms with van der Waals surface area (Å²) in [5.74, 6) is 1.04. The number of amides is 1. The molecule has 1 amide bonds. The van der Waals surface area contributed by atoms with E-state index in [4.69, 9.17) is 23.2 Å². The van der Waals surface area contributed by atoms with Crippen LogP contribution in [0.25, 0.3) is 0 Å². The number of nitrogens with one attached hydrogen (secondary N) is 1. The number of aromatic nitrogens is 2. The first-order chi connectivity index (χ1) is 11.0. The number of carbonyl (C=O) groups is 1. The molecule has 2 aromatic rings. The molecule has 1 aliphatic heterocycles. The number of benzene rings is 1. The van der Waals surface area contributed by atoms with Crippen molar-refractivity contribution in [3.63, 3.8) is 0 Å². The largest absolute Gasteiger partial charge is 0.340 e. The fourth-order valence-corrected chi connectivity index (χ4v) is 2.84. The third-order valence-electron chi connectivity index (χ3n) is 3.64. The van der Waals surface area contributed by atoms with E-state index in [1.165, 1.54) is 0 Å². The summed E-state index contributed by atoms with van der Waals surface area (Å²) in [5.41, 5.74) is 1.15. The normalized spacial score (nSPS) is 14.1. The van der Waals surface area contributed by atoms with Crippen molar-refractivity contribution in [1.29, 1.82) is 0 Å². The fraction of sp³-hybridized carbons (Fsp3) is 0.312. The van der Waals surface area contributed by atoms with Crippen LogP contribution >= 0.6 is 23.2 Å². The van der Waals surface area contributed by atoms with Gasteiger partial charge >= 0.3 is 0 Å². The quantitative estimate of drug-likeness (QED) is 0.906. The number of hydrogen-bond acceptors (Lipinski definition) is 4. The predicted octanol–water partition coefficient (Wildman–Crippen LogP) is 4.07. The number of halogens is 2. The van der Waals surface area contributed by atoms with E-state index in [2.05, 4.69) is 15.3 Å². The molecule has 0 atom stereocenters. The Balaban J connectivity index is 1.84. The standard InChI is InChI=1S/C16H16Cl2N4O/c1-10-19-14(16(23)22-6-2-3-7-22)9-15(20-10)21-11-4-5-12(17)13(18)8-11/h4-5,8-9H,2-3,6-7H2,1H3,(H,19,20,21). The lowest BCUT2D eigenvalue weighted by atomic mass is 10.3. The van der Waals surface area contributed by atoms with E-state index in [1.807, 2.05) is 4.90 Å². The lowest BCUT2D eigenvalue weighted by molar-refractivity contribution is 0.0786. The van der Waals surface area contributed by atoms with Crippen LogP contribution < -0.4 is 5.32 Å². The van der Waals surface area contributed by atoms with Crippen LogP contribution in [0.15, 0.2) is 24.3 Å². The van der Waals surface area contributed by atoms with Gasteiger partial charge in [0.1, 0.15) is 17.3 Å². The van der Waals surface area contributed by atoms with Gasteiger partial charge in [-0.25, -0.2) is 9.97 Å². The molecule has 0 saturated carbocycles. The minimum Gasteiger partial charge on any atom is -0.340 e. The summed E-state index contributed by atoms with van der Waals surface area (Å²) in [5, 5.41) is 4.08. The lowest BCUT2D eigenvalue weighted by Gasteiger charge is -2.15. The molecule has 3 rings (SSSR count). The summed E-state index contributed by atoms with van der Waals surface area (Å²) in [6.45, 7) is 3.34. The summed E-state index contributed by atoms with van der Waals surface area (Å²) in [6, 6.07) is 6.88. The fourth-order valence-electron chi connectivity index (χ4n) is 2.55. The van der Waals surface area contributed by atoms with Crippen LogP contribution in [0.2, 0.25) is 10.0 Å². The number of anilines is 2. The molecule has 2 heterocycles. The molecule has 7 heteroatoms. The highest BCUT2D eigenvalue weighted by molar-refractivity contribution is 6.42. The molecule has 1 aromatic carbocycles. The molecule has 1 aliphatic rings. The van der Waals surface area contributed by atoms with Gasteiger partial charge in [0, 0.05) is 24.8 Å². The van der Waals surface area contributed by atoms with Crippen molar-refractivity contribution >= 4 is 40.6 Å². The third kappa shape index (κ3) is 3.74. The molecule has 120 valence electrons. The maximum Gasteiger partial charge on any atom is 0.272 e. The van der Waals surface area contributed by atoms with Crippen LogP contribution in [0.3, 0.4) is 0 Å². The van der Waals surface area contributed by atoms with Gasteiger partial charge in [0.15, 0.2) is 0 Å². The monoisotopic (exact) mass is 350 g/mol. The second-order valence-corrected chi connectivity index (χ2v) is 6.25. The molecule has 0 spiro atoms. The smallest absolute Gasteiger partial charge is 0.272 e. The van der Waals surface area contributed by atoms with Gasteiger partial charge < -0.3 is 10.2 Å². The van der Waals surface area contributed by atoms with E-state index in [0.29, 0.717) is 27.4 Å². The van der Waals surface area contributed by atoms with E-state index in [9.17, 15) is 4.79 Å². The van der Waals surface area contributed by atoms with E-state index >= 15 is 0 Å². The van der Waals surface area contributed by atoms with Gasteiger partial charge in [-0.2, -0.15) is 0 Å². The number of hydrogen-bond donors (Lipinski definition) is 1. The van der Waals surface area contributed by atoms with Crippen LogP contribution in [0.5, 0.6) is 0 Å².